The van der Waals surface area contributed by atoms with Crippen LogP contribution >= 0.6 is 0 Å². The van der Waals surface area contributed by atoms with E-state index < -0.39 is 0 Å². The van der Waals surface area contributed by atoms with Gasteiger partial charge < -0.3 is 10.6 Å². The summed E-state index contributed by atoms with van der Waals surface area (Å²) in [4.78, 5) is 15.0. The Morgan fingerprint density at radius 3 is 2.35 bits per heavy atom. The summed E-state index contributed by atoms with van der Waals surface area (Å²) in [5.41, 5.74) is 8.34. The number of fused-ring (bicyclic) bond motifs is 1. The molecular weight excluding hydrogens is 248 g/mol. The fourth-order valence-corrected chi connectivity index (χ4v) is 3.40. The predicted molar refractivity (Wildman–Crippen MR) is 80.4 cm³/mol. The van der Waals surface area contributed by atoms with Gasteiger partial charge in [0.05, 0.1) is 0 Å². The summed E-state index contributed by atoms with van der Waals surface area (Å²) in [6, 6.07) is 8.96. The van der Waals surface area contributed by atoms with Gasteiger partial charge in [0, 0.05) is 18.5 Å². The zero-order valence-corrected chi connectivity index (χ0v) is 12.1. The summed E-state index contributed by atoms with van der Waals surface area (Å²) in [7, 11) is 0. The largest absolute Gasteiger partial charge is 0.339 e. The lowest BCUT2D eigenvalue weighted by Gasteiger charge is -2.39. The molecule has 20 heavy (non-hydrogen) atoms. The van der Waals surface area contributed by atoms with E-state index in [0.717, 1.165) is 25.8 Å². The number of hydrogen-bond acceptors (Lipinski definition) is 2. The maximum atomic E-state index is 12.8. The average molecular weight is 272 g/mol. The summed E-state index contributed by atoms with van der Waals surface area (Å²) in [5.74, 6) is 0.519. The number of carbonyl (C=O) groups is 1. The Bertz CT molecular complexity index is 457. The van der Waals surface area contributed by atoms with E-state index >= 15 is 0 Å². The molecule has 1 aromatic rings. The van der Waals surface area contributed by atoms with Crippen LogP contribution < -0.4 is 5.73 Å². The molecule has 2 aliphatic carbocycles. The Hall–Kier alpha value is -1.35. The van der Waals surface area contributed by atoms with Crippen LogP contribution in [0.2, 0.25) is 0 Å². The fraction of sp³-hybridized carbons (Fsp3) is 0.588. The number of benzene rings is 1. The van der Waals surface area contributed by atoms with Crippen molar-refractivity contribution in [2.75, 3.05) is 13.1 Å². The van der Waals surface area contributed by atoms with Crippen LogP contribution in [0.3, 0.4) is 0 Å². The number of rotatable bonds is 5. The number of amides is 1. The third-order valence-corrected chi connectivity index (χ3v) is 4.80. The Morgan fingerprint density at radius 1 is 1.20 bits per heavy atom. The van der Waals surface area contributed by atoms with Crippen molar-refractivity contribution in [3.8, 4) is 0 Å². The van der Waals surface area contributed by atoms with Gasteiger partial charge in [-0.1, -0.05) is 24.3 Å². The highest BCUT2D eigenvalue weighted by molar-refractivity contribution is 5.81. The molecule has 1 saturated carbocycles. The lowest BCUT2D eigenvalue weighted by Crippen LogP contribution is -2.47. The highest BCUT2D eigenvalue weighted by atomic mass is 16.2. The topological polar surface area (TPSA) is 46.3 Å². The van der Waals surface area contributed by atoms with Crippen LogP contribution in [0.15, 0.2) is 24.3 Å². The lowest BCUT2D eigenvalue weighted by atomic mass is 9.90. The summed E-state index contributed by atoms with van der Waals surface area (Å²) < 4.78 is 0. The first kappa shape index (κ1) is 13.6. The summed E-state index contributed by atoms with van der Waals surface area (Å²) >= 11 is 0. The molecule has 1 aromatic carbocycles. The molecule has 0 aromatic heterocycles. The quantitative estimate of drug-likeness (QED) is 0.892. The van der Waals surface area contributed by atoms with Crippen LogP contribution in [0.5, 0.6) is 0 Å². The highest BCUT2D eigenvalue weighted by Crippen LogP contribution is 2.31. The van der Waals surface area contributed by atoms with Crippen molar-refractivity contribution >= 4 is 5.91 Å². The molecule has 0 bridgehead atoms. The first-order chi connectivity index (χ1) is 9.79. The van der Waals surface area contributed by atoms with Crippen molar-refractivity contribution in [2.45, 2.75) is 44.6 Å². The highest BCUT2D eigenvalue weighted by Gasteiger charge is 2.35. The lowest BCUT2D eigenvalue weighted by molar-refractivity contribution is -0.139. The molecule has 0 radical (unpaired) electrons. The second-order valence-electron chi connectivity index (χ2n) is 6.13. The molecular formula is C17H24N2O. The Balaban J connectivity index is 1.68. The molecule has 0 saturated heterocycles. The van der Waals surface area contributed by atoms with Crippen molar-refractivity contribution < 1.29 is 4.79 Å². The molecule has 108 valence electrons. The number of hydrogen-bond donors (Lipinski definition) is 1. The van der Waals surface area contributed by atoms with Gasteiger partial charge in [-0.15, -0.1) is 0 Å². The molecule has 3 heteroatoms. The summed E-state index contributed by atoms with van der Waals surface area (Å²) in [6.45, 7) is 1.51. The van der Waals surface area contributed by atoms with E-state index in [9.17, 15) is 4.79 Å². The Labute approximate surface area is 121 Å². The molecule has 1 amide bonds. The predicted octanol–water partition coefficient (Wildman–Crippen LogP) is 2.13. The zero-order valence-electron chi connectivity index (χ0n) is 12.1. The monoisotopic (exact) mass is 272 g/mol. The van der Waals surface area contributed by atoms with Gasteiger partial charge >= 0.3 is 0 Å². The van der Waals surface area contributed by atoms with E-state index in [-0.39, 0.29) is 5.92 Å². The number of carbonyl (C=O) groups excluding carboxylic acids is 1. The molecule has 3 nitrogen and oxygen atoms in total. The van der Waals surface area contributed by atoms with Gasteiger partial charge in [0.1, 0.15) is 0 Å². The maximum absolute atomic E-state index is 12.8. The Morgan fingerprint density at radius 2 is 1.85 bits per heavy atom. The van der Waals surface area contributed by atoms with E-state index in [2.05, 4.69) is 29.2 Å². The van der Waals surface area contributed by atoms with Crippen LogP contribution in [0.4, 0.5) is 0 Å². The van der Waals surface area contributed by atoms with E-state index in [1.807, 2.05) is 0 Å². The minimum atomic E-state index is 0.158. The second-order valence-corrected chi connectivity index (χ2v) is 6.13. The van der Waals surface area contributed by atoms with Crippen molar-refractivity contribution in [1.82, 2.24) is 4.90 Å². The maximum Gasteiger partial charge on any atom is 0.226 e. The average Bonchev–Trinajstić information content (AvgIpc) is 2.84. The molecule has 1 fully saturated rings. The van der Waals surface area contributed by atoms with Gasteiger partial charge in [-0.3, -0.25) is 4.79 Å². The SMILES string of the molecule is NCCCN(C(=O)C1Cc2ccccc2C1)C1CCC1. The molecule has 0 atom stereocenters. The smallest absolute Gasteiger partial charge is 0.226 e. The normalized spacial score (nSPS) is 18.6. The van der Waals surface area contributed by atoms with Crippen molar-refractivity contribution in [3.05, 3.63) is 35.4 Å². The van der Waals surface area contributed by atoms with E-state index in [1.165, 1.54) is 30.4 Å². The molecule has 2 aliphatic rings. The summed E-state index contributed by atoms with van der Waals surface area (Å²) in [6.07, 6.45) is 6.37. The van der Waals surface area contributed by atoms with Crippen molar-refractivity contribution in [2.24, 2.45) is 11.7 Å². The van der Waals surface area contributed by atoms with Crippen LogP contribution in [0.1, 0.15) is 36.8 Å². The van der Waals surface area contributed by atoms with Gasteiger partial charge in [0.2, 0.25) is 5.91 Å². The van der Waals surface area contributed by atoms with Crippen LogP contribution in [-0.2, 0) is 17.6 Å². The standard InChI is InChI=1S/C17H24N2O/c18-9-4-10-19(16-7-3-8-16)17(20)15-11-13-5-1-2-6-14(13)12-15/h1-2,5-6,15-16H,3-4,7-12,18H2. The minimum Gasteiger partial charge on any atom is -0.339 e. The summed E-state index contributed by atoms with van der Waals surface area (Å²) in [5, 5.41) is 0. The number of nitrogens with two attached hydrogens (primary N) is 1. The molecule has 0 aliphatic heterocycles. The van der Waals surface area contributed by atoms with Gasteiger partial charge in [-0.2, -0.15) is 0 Å². The molecule has 3 rings (SSSR count). The molecule has 2 N–H and O–H groups in total. The van der Waals surface area contributed by atoms with E-state index in [1.54, 1.807) is 0 Å². The first-order valence-corrected chi connectivity index (χ1v) is 7.87. The fourth-order valence-electron chi connectivity index (χ4n) is 3.40. The molecule has 0 unspecified atom stereocenters. The van der Waals surface area contributed by atoms with Crippen molar-refractivity contribution in [1.29, 1.82) is 0 Å². The Kier molecular flexibility index (Phi) is 4.06. The third-order valence-electron chi connectivity index (χ3n) is 4.80. The minimum absolute atomic E-state index is 0.158. The first-order valence-electron chi connectivity index (χ1n) is 7.87. The van der Waals surface area contributed by atoms with Gasteiger partial charge in [0.15, 0.2) is 0 Å². The van der Waals surface area contributed by atoms with Gasteiger partial charge in [0.25, 0.3) is 0 Å². The molecule has 0 spiro atoms. The van der Waals surface area contributed by atoms with Crippen LogP contribution in [0, 0.1) is 5.92 Å². The zero-order chi connectivity index (χ0) is 13.9. The van der Waals surface area contributed by atoms with Crippen LogP contribution in [-0.4, -0.2) is 29.9 Å². The second kappa shape index (κ2) is 5.96. The molecule has 0 heterocycles. The van der Waals surface area contributed by atoms with Gasteiger partial charge in [-0.25, -0.2) is 0 Å². The van der Waals surface area contributed by atoms with E-state index in [4.69, 9.17) is 5.73 Å². The van der Waals surface area contributed by atoms with Crippen LogP contribution in [0.25, 0.3) is 0 Å². The number of nitrogens with zero attached hydrogens (tertiary/aromatic N) is 1. The third kappa shape index (κ3) is 2.59. The van der Waals surface area contributed by atoms with E-state index in [0.29, 0.717) is 18.5 Å². The van der Waals surface area contributed by atoms with Crippen molar-refractivity contribution in [3.63, 3.8) is 0 Å². The van der Waals surface area contributed by atoms with Gasteiger partial charge in [-0.05, 0) is 56.2 Å².